The number of methoxy groups -OCH3 is 1. The maximum atomic E-state index is 13.4. The molecule has 1 aliphatic carbocycles. The third-order valence-electron chi connectivity index (χ3n) is 6.07. The fourth-order valence-electron chi connectivity index (χ4n) is 4.16. The molecule has 1 aliphatic heterocycles. The predicted octanol–water partition coefficient (Wildman–Crippen LogP) is 4.87. The molecule has 1 fully saturated rings. The predicted molar refractivity (Wildman–Crippen MR) is 118 cm³/mol. The molecular weight excluding hydrogens is 448 g/mol. The molecule has 2 aromatic carbocycles. The first-order valence-corrected chi connectivity index (χ1v) is 10.5. The second-order valence-electron chi connectivity index (χ2n) is 8.28. The van der Waals surface area contributed by atoms with Crippen molar-refractivity contribution >= 4 is 11.8 Å². The van der Waals surface area contributed by atoms with Crippen LogP contribution in [0.1, 0.15) is 35.9 Å². The van der Waals surface area contributed by atoms with E-state index in [1.54, 1.807) is 30.3 Å². The van der Waals surface area contributed by atoms with Crippen LogP contribution in [0.5, 0.6) is 17.2 Å². The Bertz CT molecular complexity index is 1330. The third kappa shape index (κ3) is 3.93. The third-order valence-corrected chi connectivity index (χ3v) is 6.07. The maximum absolute atomic E-state index is 13.4. The summed E-state index contributed by atoms with van der Waals surface area (Å²) in [6, 6.07) is 14.2. The van der Waals surface area contributed by atoms with E-state index in [4.69, 9.17) is 4.74 Å². The van der Waals surface area contributed by atoms with Gasteiger partial charge in [0.05, 0.1) is 23.8 Å². The Morgan fingerprint density at radius 1 is 1.09 bits per heavy atom. The molecule has 2 heterocycles. The number of hydrogen-bond acceptors (Lipinski definition) is 6. The molecule has 0 amide bonds. The summed E-state index contributed by atoms with van der Waals surface area (Å²) in [5, 5.41) is 9.36. The number of alkyl halides is 2. The number of ether oxygens (including phenoxy) is 3. The number of Topliss-reactive ketones (excluding diaryl/α,β-unsaturated/α-hetero) is 1. The molecule has 0 saturated heterocycles. The molecule has 5 rings (SSSR count). The zero-order valence-corrected chi connectivity index (χ0v) is 18.0. The average molecular weight is 469 g/mol. The Hall–Kier alpha value is -4.01. The Labute approximate surface area is 194 Å². The molecule has 7 nitrogen and oxygen atoms in total. The number of aromatic nitrogens is 1. The number of aromatic carboxylic acids is 1. The smallest absolute Gasteiger partial charge is 0.497 e. The van der Waals surface area contributed by atoms with Crippen molar-refractivity contribution in [3.8, 4) is 28.5 Å². The van der Waals surface area contributed by atoms with E-state index in [0.29, 0.717) is 41.1 Å². The van der Waals surface area contributed by atoms with Gasteiger partial charge in [-0.15, -0.1) is 8.78 Å². The fraction of sp³-hybridized carbons (Fsp3) is 0.240. The number of nitrogens with zero attached hydrogens (tertiary/aromatic N) is 1. The summed E-state index contributed by atoms with van der Waals surface area (Å²) in [7, 11) is 1.44. The Morgan fingerprint density at radius 3 is 2.56 bits per heavy atom. The van der Waals surface area contributed by atoms with Gasteiger partial charge in [0, 0.05) is 19.1 Å². The zero-order chi connectivity index (χ0) is 24.1. The lowest BCUT2D eigenvalue weighted by Gasteiger charge is -2.15. The van der Waals surface area contributed by atoms with Gasteiger partial charge in [0.15, 0.2) is 11.5 Å². The molecule has 0 radical (unpaired) electrons. The monoisotopic (exact) mass is 469 g/mol. The van der Waals surface area contributed by atoms with Crippen molar-refractivity contribution < 1.29 is 39.1 Å². The summed E-state index contributed by atoms with van der Waals surface area (Å²) in [4.78, 5) is 29.3. The minimum absolute atomic E-state index is 0. The number of carboxylic acids is 1. The number of carboxylic acid groups (broad SMARTS) is 1. The van der Waals surface area contributed by atoms with Crippen LogP contribution in [0.2, 0.25) is 0 Å². The summed E-state index contributed by atoms with van der Waals surface area (Å²) in [5.41, 5.74) is 1.45. The van der Waals surface area contributed by atoms with Gasteiger partial charge in [-0.05, 0) is 60.9 Å². The van der Waals surface area contributed by atoms with Crippen molar-refractivity contribution in [1.29, 1.82) is 0 Å². The normalized spacial score (nSPS) is 16.7. The first-order chi connectivity index (χ1) is 16.2. The summed E-state index contributed by atoms with van der Waals surface area (Å²) < 4.78 is 40.9. The van der Waals surface area contributed by atoms with Crippen LogP contribution in [0.25, 0.3) is 11.3 Å². The standard InChI is InChI=1S/C25H19F2NO6.H2/c1-32-18-10-14(9-15(11-18)23(30)31)19-4-2-3-17(28-19)13-22(29)24(7-8-24)16-5-6-20-21(12-16)34-25(26,27)33-20;/h2-6,9-12H,7-8,13H2,1H3,(H,30,31);1H. The molecule has 1 saturated carbocycles. The number of ketones is 1. The largest absolute Gasteiger partial charge is 0.586 e. The van der Waals surface area contributed by atoms with E-state index in [9.17, 15) is 23.5 Å². The minimum atomic E-state index is -3.72. The molecule has 1 aromatic heterocycles. The molecule has 9 heteroatoms. The molecule has 1 N–H and O–H groups in total. The van der Waals surface area contributed by atoms with E-state index >= 15 is 0 Å². The van der Waals surface area contributed by atoms with Gasteiger partial charge in [-0.2, -0.15) is 0 Å². The van der Waals surface area contributed by atoms with Crippen LogP contribution in [0.4, 0.5) is 8.78 Å². The van der Waals surface area contributed by atoms with E-state index in [1.807, 2.05) is 0 Å². The number of carbonyl (C=O) groups excluding carboxylic acids is 1. The van der Waals surface area contributed by atoms with Crippen molar-refractivity contribution in [3.63, 3.8) is 0 Å². The first kappa shape index (κ1) is 21.8. The zero-order valence-electron chi connectivity index (χ0n) is 18.0. The fourth-order valence-corrected chi connectivity index (χ4v) is 4.16. The van der Waals surface area contributed by atoms with Gasteiger partial charge in [-0.3, -0.25) is 9.78 Å². The number of carbonyl (C=O) groups is 2. The summed E-state index contributed by atoms with van der Waals surface area (Å²) in [6.45, 7) is 0. The molecule has 0 atom stereocenters. The van der Waals surface area contributed by atoms with Crippen molar-refractivity contribution in [2.45, 2.75) is 31.0 Å². The molecule has 3 aromatic rings. The highest BCUT2D eigenvalue weighted by atomic mass is 19.3. The van der Waals surface area contributed by atoms with Crippen LogP contribution in [0, 0.1) is 0 Å². The first-order valence-electron chi connectivity index (χ1n) is 10.5. The summed E-state index contributed by atoms with van der Waals surface area (Å²) in [5.74, 6) is -0.953. The Morgan fingerprint density at radius 2 is 1.85 bits per heavy atom. The quantitative estimate of drug-likeness (QED) is 0.528. The molecule has 176 valence electrons. The lowest BCUT2D eigenvalue weighted by atomic mass is 9.88. The maximum Gasteiger partial charge on any atom is 0.586 e. The summed E-state index contributed by atoms with van der Waals surface area (Å²) >= 11 is 0. The van der Waals surface area contributed by atoms with E-state index in [1.165, 1.54) is 31.4 Å². The van der Waals surface area contributed by atoms with Gasteiger partial charge in [0.25, 0.3) is 0 Å². The van der Waals surface area contributed by atoms with E-state index in [2.05, 4.69) is 14.5 Å². The Balaban J connectivity index is 0.00000289. The van der Waals surface area contributed by atoms with Crippen LogP contribution in [0.15, 0.2) is 54.6 Å². The number of fused-ring (bicyclic) bond motifs is 1. The van der Waals surface area contributed by atoms with Gasteiger partial charge in [-0.25, -0.2) is 4.79 Å². The molecule has 0 spiro atoms. The number of pyridine rings is 1. The number of rotatable bonds is 7. The van der Waals surface area contributed by atoms with Crippen molar-refractivity contribution in [2.24, 2.45) is 0 Å². The van der Waals surface area contributed by atoms with Crippen molar-refractivity contribution in [2.75, 3.05) is 7.11 Å². The van der Waals surface area contributed by atoms with E-state index in [0.717, 1.165) is 0 Å². The van der Waals surface area contributed by atoms with Gasteiger partial charge >= 0.3 is 12.3 Å². The van der Waals surface area contributed by atoms with Crippen LogP contribution in [0.3, 0.4) is 0 Å². The van der Waals surface area contributed by atoms with Crippen LogP contribution >= 0.6 is 0 Å². The Kier molecular flexibility index (Phi) is 5.00. The van der Waals surface area contributed by atoms with Crippen LogP contribution in [-0.4, -0.2) is 35.2 Å². The lowest BCUT2D eigenvalue weighted by molar-refractivity contribution is -0.286. The van der Waals surface area contributed by atoms with E-state index in [-0.39, 0.29) is 30.7 Å². The number of halogens is 2. The van der Waals surface area contributed by atoms with Crippen LogP contribution < -0.4 is 14.2 Å². The lowest BCUT2D eigenvalue weighted by Crippen LogP contribution is -2.26. The van der Waals surface area contributed by atoms with E-state index < -0.39 is 17.7 Å². The molecule has 2 aliphatic rings. The highest BCUT2D eigenvalue weighted by Gasteiger charge is 2.52. The van der Waals surface area contributed by atoms with Gasteiger partial charge in [0.2, 0.25) is 0 Å². The highest BCUT2D eigenvalue weighted by molar-refractivity contribution is 5.94. The van der Waals surface area contributed by atoms with Gasteiger partial charge < -0.3 is 19.3 Å². The molecule has 0 bridgehead atoms. The number of benzene rings is 2. The summed E-state index contributed by atoms with van der Waals surface area (Å²) in [6.07, 6.45) is -2.49. The van der Waals surface area contributed by atoms with Gasteiger partial charge in [-0.1, -0.05) is 12.1 Å². The SMILES string of the molecule is COc1cc(C(=O)O)cc(-c2cccc(CC(=O)C3(c4ccc5c(c4)OC(F)(F)O5)CC3)n2)c1.[HH]. The van der Waals surface area contributed by atoms with Crippen molar-refractivity contribution in [1.82, 2.24) is 4.98 Å². The second-order valence-corrected chi connectivity index (χ2v) is 8.28. The average Bonchev–Trinajstić information content (AvgIpc) is 3.56. The van der Waals surface area contributed by atoms with Gasteiger partial charge in [0.1, 0.15) is 11.5 Å². The molecular formula is C25H21F2NO6. The number of hydrogen-bond donors (Lipinski definition) is 1. The second kappa shape index (κ2) is 7.79. The van der Waals surface area contributed by atoms with Crippen molar-refractivity contribution in [3.05, 3.63) is 71.4 Å². The molecule has 0 unspecified atom stereocenters. The topological polar surface area (TPSA) is 95.0 Å². The highest BCUT2D eigenvalue weighted by Crippen LogP contribution is 2.52. The van der Waals surface area contributed by atoms with Crippen LogP contribution in [-0.2, 0) is 16.6 Å². The minimum Gasteiger partial charge on any atom is -0.497 e. The molecule has 34 heavy (non-hydrogen) atoms.